The fraction of sp³-hybridized carbons (Fsp3) is 0.467. The second-order valence-corrected chi connectivity index (χ2v) is 5.14. The molecule has 114 valence electrons. The molecule has 3 N–H and O–H groups in total. The van der Waals surface area contributed by atoms with Crippen LogP contribution in [-0.4, -0.2) is 39.1 Å². The lowest BCUT2D eigenvalue weighted by atomic mass is 9.95. The number of amides is 1. The van der Waals surface area contributed by atoms with Crippen molar-refractivity contribution >= 4 is 23.3 Å². The fourth-order valence-corrected chi connectivity index (χ4v) is 2.65. The highest BCUT2D eigenvalue weighted by Crippen LogP contribution is 2.29. The molecule has 1 saturated heterocycles. The van der Waals surface area contributed by atoms with E-state index in [0.29, 0.717) is 11.3 Å². The smallest absolute Gasteiger partial charge is 0.337 e. The number of esters is 1. The van der Waals surface area contributed by atoms with Gasteiger partial charge in [-0.1, -0.05) is 0 Å². The van der Waals surface area contributed by atoms with E-state index in [0.717, 1.165) is 31.6 Å². The van der Waals surface area contributed by atoms with Crippen LogP contribution in [0.1, 0.15) is 23.2 Å². The molecule has 0 spiro atoms. The van der Waals surface area contributed by atoms with Crippen molar-refractivity contribution in [2.45, 2.75) is 12.8 Å². The largest absolute Gasteiger partial charge is 0.465 e. The summed E-state index contributed by atoms with van der Waals surface area (Å²) >= 11 is 0. The monoisotopic (exact) mass is 291 g/mol. The first-order valence-electron chi connectivity index (χ1n) is 7.01. The van der Waals surface area contributed by atoms with Crippen LogP contribution in [0.15, 0.2) is 18.2 Å². The number of ether oxygens (including phenoxy) is 1. The Morgan fingerprint density at radius 1 is 1.33 bits per heavy atom. The topological polar surface area (TPSA) is 84.7 Å². The molecule has 2 rings (SSSR count). The second-order valence-electron chi connectivity index (χ2n) is 5.14. The molecule has 1 fully saturated rings. The van der Waals surface area contributed by atoms with E-state index in [-0.39, 0.29) is 17.8 Å². The van der Waals surface area contributed by atoms with E-state index in [2.05, 4.69) is 10.2 Å². The molecule has 1 aliphatic rings. The van der Waals surface area contributed by atoms with Gasteiger partial charge in [-0.15, -0.1) is 0 Å². The van der Waals surface area contributed by atoms with Crippen LogP contribution in [0.2, 0.25) is 0 Å². The van der Waals surface area contributed by atoms with Gasteiger partial charge in [0.1, 0.15) is 0 Å². The number of rotatable bonds is 3. The van der Waals surface area contributed by atoms with Crippen LogP contribution in [0, 0.1) is 5.92 Å². The minimum absolute atomic E-state index is 0.0521. The Morgan fingerprint density at radius 2 is 2.00 bits per heavy atom. The molecule has 1 heterocycles. The Morgan fingerprint density at radius 3 is 2.57 bits per heavy atom. The van der Waals surface area contributed by atoms with E-state index in [1.54, 1.807) is 25.2 Å². The SMILES string of the molecule is CNC(=O)C1CCN(c2cc(C(=O)OC)ccc2N)CC1. The summed E-state index contributed by atoms with van der Waals surface area (Å²) in [5.74, 6) is -0.237. The van der Waals surface area contributed by atoms with Gasteiger partial charge >= 0.3 is 5.97 Å². The molecule has 1 amide bonds. The predicted octanol–water partition coefficient (Wildman–Crippen LogP) is 1.02. The van der Waals surface area contributed by atoms with Crippen LogP contribution in [0.25, 0.3) is 0 Å². The molecule has 0 atom stereocenters. The van der Waals surface area contributed by atoms with Gasteiger partial charge in [0.2, 0.25) is 5.91 Å². The van der Waals surface area contributed by atoms with Crippen molar-refractivity contribution in [3.05, 3.63) is 23.8 Å². The normalized spacial score (nSPS) is 15.6. The number of nitrogen functional groups attached to an aromatic ring is 1. The quantitative estimate of drug-likeness (QED) is 0.641. The fourth-order valence-electron chi connectivity index (χ4n) is 2.65. The maximum atomic E-state index is 11.6. The molecule has 0 radical (unpaired) electrons. The van der Waals surface area contributed by atoms with E-state index in [1.165, 1.54) is 7.11 Å². The summed E-state index contributed by atoms with van der Waals surface area (Å²) in [4.78, 5) is 25.4. The average Bonchev–Trinajstić information content (AvgIpc) is 2.54. The molecule has 1 aromatic carbocycles. The zero-order valence-electron chi connectivity index (χ0n) is 12.4. The highest BCUT2D eigenvalue weighted by Gasteiger charge is 2.25. The molecule has 0 aromatic heterocycles. The number of nitrogens with one attached hydrogen (secondary N) is 1. The van der Waals surface area contributed by atoms with E-state index < -0.39 is 0 Å². The summed E-state index contributed by atoms with van der Waals surface area (Å²) in [6.07, 6.45) is 1.56. The summed E-state index contributed by atoms with van der Waals surface area (Å²) in [5, 5.41) is 2.69. The number of anilines is 2. The summed E-state index contributed by atoms with van der Waals surface area (Å²) in [6.45, 7) is 1.49. The molecule has 6 nitrogen and oxygen atoms in total. The molecule has 0 unspecified atom stereocenters. The molecular weight excluding hydrogens is 270 g/mol. The third kappa shape index (κ3) is 3.26. The van der Waals surface area contributed by atoms with E-state index in [1.807, 2.05) is 0 Å². The lowest BCUT2D eigenvalue weighted by Crippen LogP contribution is -2.39. The minimum atomic E-state index is -0.378. The number of carbonyl (C=O) groups is 2. The third-order valence-corrected chi connectivity index (χ3v) is 3.90. The van der Waals surface area contributed by atoms with Gasteiger partial charge in [0, 0.05) is 26.1 Å². The van der Waals surface area contributed by atoms with Crippen LogP contribution in [-0.2, 0) is 9.53 Å². The number of nitrogens with zero attached hydrogens (tertiary/aromatic N) is 1. The van der Waals surface area contributed by atoms with E-state index in [4.69, 9.17) is 10.5 Å². The number of piperidine rings is 1. The van der Waals surface area contributed by atoms with Crippen LogP contribution in [0.4, 0.5) is 11.4 Å². The molecule has 1 aliphatic heterocycles. The summed E-state index contributed by atoms with van der Waals surface area (Å²) in [7, 11) is 3.01. The molecular formula is C15H21N3O3. The minimum Gasteiger partial charge on any atom is -0.465 e. The molecule has 21 heavy (non-hydrogen) atoms. The molecule has 1 aromatic rings. The number of hydrogen-bond donors (Lipinski definition) is 2. The number of benzene rings is 1. The second kappa shape index (κ2) is 6.47. The first kappa shape index (κ1) is 15.2. The Hall–Kier alpha value is -2.24. The average molecular weight is 291 g/mol. The van der Waals surface area contributed by atoms with Crippen molar-refractivity contribution in [3.63, 3.8) is 0 Å². The highest BCUT2D eigenvalue weighted by molar-refractivity contribution is 5.92. The lowest BCUT2D eigenvalue weighted by molar-refractivity contribution is -0.125. The lowest BCUT2D eigenvalue weighted by Gasteiger charge is -2.33. The number of hydrogen-bond acceptors (Lipinski definition) is 5. The molecule has 0 bridgehead atoms. The number of methoxy groups -OCH3 is 1. The predicted molar refractivity (Wildman–Crippen MR) is 81.2 cm³/mol. The third-order valence-electron chi connectivity index (χ3n) is 3.90. The maximum Gasteiger partial charge on any atom is 0.337 e. The van der Waals surface area contributed by atoms with Gasteiger partial charge in [0.25, 0.3) is 0 Å². The van der Waals surface area contributed by atoms with Gasteiger partial charge in [-0.2, -0.15) is 0 Å². The van der Waals surface area contributed by atoms with E-state index in [9.17, 15) is 9.59 Å². The van der Waals surface area contributed by atoms with Crippen molar-refractivity contribution in [2.24, 2.45) is 5.92 Å². The van der Waals surface area contributed by atoms with Gasteiger partial charge in [-0.05, 0) is 31.0 Å². The van der Waals surface area contributed by atoms with Crippen LogP contribution in [0.3, 0.4) is 0 Å². The molecule has 0 saturated carbocycles. The van der Waals surface area contributed by atoms with Crippen molar-refractivity contribution < 1.29 is 14.3 Å². The Labute approximate surface area is 124 Å². The number of carbonyl (C=O) groups excluding carboxylic acids is 2. The van der Waals surface area contributed by atoms with Crippen molar-refractivity contribution in [1.82, 2.24) is 5.32 Å². The highest BCUT2D eigenvalue weighted by atomic mass is 16.5. The van der Waals surface area contributed by atoms with Crippen LogP contribution >= 0.6 is 0 Å². The van der Waals surface area contributed by atoms with Crippen LogP contribution < -0.4 is 16.0 Å². The summed E-state index contributed by atoms with van der Waals surface area (Å²) in [6, 6.07) is 5.12. The van der Waals surface area contributed by atoms with Crippen LogP contribution in [0.5, 0.6) is 0 Å². The Kier molecular flexibility index (Phi) is 4.67. The summed E-state index contributed by atoms with van der Waals surface area (Å²) < 4.78 is 4.73. The van der Waals surface area contributed by atoms with E-state index >= 15 is 0 Å². The zero-order valence-corrected chi connectivity index (χ0v) is 12.4. The standard InChI is InChI=1S/C15H21N3O3/c1-17-14(19)10-5-7-18(8-6-10)13-9-11(15(20)21-2)3-4-12(13)16/h3-4,9-10H,5-8,16H2,1-2H3,(H,17,19). The maximum absolute atomic E-state index is 11.6. The van der Waals surface area contributed by atoms with Gasteiger partial charge in [0.15, 0.2) is 0 Å². The van der Waals surface area contributed by atoms with Crippen molar-refractivity contribution in [2.75, 3.05) is 37.9 Å². The molecule has 6 heteroatoms. The first-order chi connectivity index (χ1) is 10.1. The summed E-state index contributed by atoms with van der Waals surface area (Å²) in [5.41, 5.74) is 7.94. The zero-order chi connectivity index (χ0) is 15.4. The van der Waals surface area contributed by atoms with Gasteiger partial charge < -0.3 is 20.7 Å². The first-order valence-corrected chi connectivity index (χ1v) is 7.01. The Bertz CT molecular complexity index is 537. The number of nitrogens with two attached hydrogens (primary N) is 1. The Balaban J connectivity index is 2.12. The van der Waals surface area contributed by atoms with Crippen molar-refractivity contribution in [1.29, 1.82) is 0 Å². The molecule has 0 aliphatic carbocycles. The van der Waals surface area contributed by atoms with Gasteiger partial charge in [-0.3, -0.25) is 4.79 Å². The van der Waals surface area contributed by atoms with Gasteiger partial charge in [0.05, 0.1) is 24.0 Å². The van der Waals surface area contributed by atoms with Gasteiger partial charge in [-0.25, -0.2) is 4.79 Å². The van der Waals surface area contributed by atoms with Crippen molar-refractivity contribution in [3.8, 4) is 0 Å².